The highest BCUT2D eigenvalue weighted by Crippen LogP contribution is 2.18. The average molecular weight is 616 g/mol. The molecule has 0 saturated carbocycles. The third-order valence-corrected chi connectivity index (χ3v) is 7.47. The fraction of sp³-hybridized carbons (Fsp3) is 0.914. The van der Waals surface area contributed by atoms with E-state index < -0.39 is 30.5 Å². The Kier molecular flexibility index (Phi) is 27.8. The number of rotatable bonds is 30. The molecule has 0 radical (unpaired) electrons. The summed E-state index contributed by atoms with van der Waals surface area (Å²) >= 11 is 0. The summed E-state index contributed by atoms with van der Waals surface area (Å²) in [5.41, 5.74) is 0. The third-order valence-electron chi connectivity index (χ3n) is 7.47. The third kappa shape index (κ3) is 23.9. The van der Waals surface area contributed by atoms with Crippen LogP contribution in [0.15, 0.2) is 12.2 Å². The lowest BCUT2D eigenvalue weighted by molar-refractivity contribution is -0.133. The van der Waals surface area contributed by atoms with Crippen molar-refractivity contribution in [2.75, 3.05) is 19.8 Å². The first-order valence-corrected chi connectivity index (χ1v) is 17.5. The molecule has 1 amide bonds. The number of hydrogen-bond donors (Lipinski definition) is 4. The molecular formula is C35H69NO7. The highest BCUT2D eigenvalue weighted by atomic mass is 16.5. The minimum atomic E-state index is -1.03. The first-order valence-electron chi connectivity index (χ1n) is 17.5. The Balaban J connectivity index is 5.01. The Hall–Kier alpha value is -1.03. The predicted octanol–water partition coefficient (Wildman–Crippen LogP) is 6.63. The Labute approximate surface area is 264 Å². The minimum Gasteiger partial charge on any atom is -0.394 e. The van der Waals surface area contributed by atoms with Gasteiger partial charge < -0.3 is 34.8 Å². The number of aliphatic hydroxyl groups excluding tert-OH is 3. The second kappa shape index (κ2) is 28.4. The Morgan fingerprint density at radius 1 is 0.721 bits per heavy atom. The molecule has 0 aromatic heterocycles. The van der Waals surface area contributed by atoms with Crippen LogP contribution in [0.4, 0.5) is 0 Å². The highest BCUT2D eigenvalue weighted by Gasteiger charge is 2.32. The first-order chi connectivity index (χ1) is 20.7. The SMILES string of the molecule is CCC/C=C\CC(=O)N[C@@H](COC[C@H](O)[C@H](CO)OC(C)C)[C@H](OC(C)C)C(O)CCCCCCCCCCCCCC. The van der Waals surface area contributed by atoms with E-state index >= 15 is 0 Å². The molecule has 1 unspecified atom stereocenters. The van der Waals surface area contributed by atoms with Crippen molar-refractivity contribution in [3.8, 4) is 0 Å². The standard InChI is InChI=1S/C35H69NO7/c1-7-9-11-13-14-15-16-17-18-19-20-21-23-31(38)35(43-29(5)6)30(36-34(40)24-22-12-10-8-2)26-41-27-32(39)33(25-37)42-28(3)4/h12,22,28-33,35,37-39H,7-11,13-21,23-27H2,1-6H3,(H,36,40)/b22-12-/t30-,31?,32-,33-,35-/m0/s1. The number of carbonyl (C=O) groups is 1. The van der Waals surface area contributed by atoms with Gasteiger partial charge in [-0.3, -0.25) is 4.79 Å². The molecule has 8 heteroatoms. The van der Waals surface area contributed by atoms with E-state index in [0.717, 1.165) is 32.1 Å². The van der Waals surface area contributed by atoms with Gasteiger partial charge in [-0.2, -0.15) is 0 Å². The lowest BCUT2D eigenvalue weighted by Gasteiger charge is -2.33. The van der Waals surface area contributed by atoms with Crippen LogP contribution in [-0.2, 0) is 19.0 Å². The van der Waals surface area contributed by atoms with Crippen LogP contribution in [0.25, 0.3) is 0 Å². The molecule has 0 spiro atoms. The van der Waals surface area contributed by atoms with Crippen molar-refractivity contribution in [3.05, 3.63) is 12.2 Å². The van der Waals surface area contributed by atoms with Crippen molar-refractivity contribution in [3.63, 3.8) is 0 Å². The van der Waals surface area contributed by atoms with Crippen LogP contribution in [0.5, 0.6) is 0 Å². The highest BCUT2D eigenvalue weighted by molar-refractivity contribution is 5.77. The number of amides is 1. The topological polar surface area (TPSA) is 117 Å². The Morgan fingerprint density at radius 3 is 1.79 bits per heavy atom. The van der Waals surface area contributed by atoms with E-state index in [1.54, 1.807) is 0 Å². The summed E-state index contributed by atoms with van der Waals surface area (Å²) in [6.45, 7) is 11.5. The van der Waals surface area contributed by atoms with Crippen molar-refractivity contribution < 1.29 is 34.3 Å². The van der Waals surface area contributed by atoms with E-state index in [4.69, 9.17) is 14.2 Å². The van der Waals surface area contributed by atoms with Gasteiger partial charge in [0.1, 0.15) is 18.3 Å². The van der Waals surface area contributed by atoms with Crippen LogP contribution in [0, 0.1) is 0 Å². The zero-order chi connectivity index (χ0) is 32.3. The van der Waals surface area contributed by atoms with E-state index in [2.05, 4.69) is 19.2 Å². The van der Waals surface area contributed by atoms with Crippen molar-refractivity contribution in [1.82, 2.24) is 5.32 Å². The molecule has 43 heavy (non-hydrogen) atoms. The maximum atomic E-state index is 12.8. The average Bonchev–Trinajstić information content (AvgIpc) is 2.96. The Morgan fingerprint density at radius 2 is 1.28 bits per heavy atom. The van der Waals surface area contributed by atoms with E-state index in [1.165, 1.54) is 57.8 Å². The van der Waals surface area contributed by atoms with E-state index in [-0.39, 0.29) is 44.4 Å². The largest absolute Gasteiger partial charge is 0.394 e. The molecule has 0 aliphatic carbocycles. The normalized spacial score (nSPS) is 15.7. The molecule has 0 rings (SSSR count). The lowest BCUT2D eigenvalue weighted by atomic mass is 9.98. The van der Waals surface area contributed by atoms with E-state index in [9.17, 15) is 20.1 Å². The van der Waals surface area contributed by atoms with Crippen LogP contribution in [0.2, 0.25) is 0 Å². The molecule has 5 atom stereocenters. The molecule has 0 bridgehead atoms. The summed E-state index contributed by atoms with van der Waals surface area (Å²) < 4.78 is 17.6. The van der Waals surface area contributed by atoms with Crippen LogP contribution in [0.3, 0.4) is 0 Å². The van der Waals surface area contributed by atoms with Gasteiger partial charge >= 0.3 is 0 Å². The molecule has 4 N–H and O–H groups in total. The van der Waals surface area contributed by atoms with Gasteiger partial charge in [0.05, 0.1) is 44.2 Å². The molecular weight excluding hydrogens is 546 g/mol. The van der Waals surface area contributed by atoms with Gasteiger partial charge in [0.15, 0.2) is 0 Å². The molecule has 0 fully saturated rings. The summed E-state index contributed by atoms with van der Waals surface area (Å²) in [5.74, 6) is -0.173. The maximum Gasteiger partial charge on any atom is 0.224 e. The monoisotopic (exact) mass is 616 g/mol. The van der Waals surface area contributed by atoms with E-state index in [0.29, 0.717) is 6.42 Å². The van der Waals surface area contributed by atoms with Crippen molar-refractivity contribution in [2.45, 2.75) is 187 Å². The smallest absolute Gasteiger partial charge is 0.224 e. The molecule has 0 aliphatic rings. The van der Waals surface area contributed by atoms with Gasteiger partial charge in [-0.05, 0) is 40.5 Å². The van der Waals surface area contributed by atoms with Crippen LogP contribution in [-0.4, -0.2) is 83.7 Å². The molecule has 256 valence electrons. The molecule has 0 aromatic rings. The van der Waals surface area contributed by atoms with Gasteiger partial charge in [-0.15, -0.1) is 0 Å². The first kappa shape index (κ1) is 42.0. The zero-order valence-electron chi connectivity index (χ0n) is 28.6. The van der Waals surface area contributed by atoms with Gasteiger partial charge in [-0.25, -0.2) is 0 Å². The number of unbranched alkanes of at least 4 members (excludes halogenated alkanes) is 12. The summed E-state index contributed by atoms with van der Waals surface area (Å²) in [7, 11) is 0. The Bertz CT molecular complexity index is 658. The maximum absolute atomic E-state index is 12.8. The van der Waals surface area contributed by atoms with Crippen molar-refractivity contribution in [2.24, 2.45) is 0 Å². The minimum absolute atomic E-state index is 0.0498. The number of allylic oxidation sites excluding steroid dienone is 1. The fourth-order valence-electron chi connectivity index (χ4n) is 5.11. The van der Waals surface area contributed by atoms with Gasteiger partial charge in [0.25, 0.3) is 0 Å². The number of hydrogen-bond acceptors (Lipinski definition) is 7. The van der Waals surface area contributed by atoms with Crippen LogP contribution < -0.4 is 5.32 Å². The van der Waals surface area contributed by atoms with Gasteiger partial charge in [0, 0.05) is 6.42 Å². The van der Waals surface area contributed by atoms with Crippen molar-refractivity contribution >= 4 is 5.91 Å². The van der Waals surface area contributed by atoms with Crippen molar-refractivity contribution in [1.29, 1.82) is 0 Å². The number of nitrogens with one attached hydrogen (secondary N) is 1. The quantitative estimate of drug-likeness (QED) is 0.0529. The molecule has 0 heterocycles. The summed E-state index contributed by atoms with van der Waals surface area (Å²) in [4.78, 5) is 12.8. The molecule has 0 aliphatic heterocycles. The van der Waals surface area contributed by atoms with E-state index in [1.807, 2.05) is 39.8 Å². The predicted molar refractivity (Wildman–Crippen MR) is 176 cm³/mol. The fourth-order valence-corrected chi connectivity index (χ4v) is 5.11. The van der Waals surface area contributed by atoms with Crippen LogP contribution >= 0.6 is 0 Å². The molecule has 8 nitrogen and oxygen atoms in total. The number of aliphatic hydroxyl groups is 3. The lowest BCUT2D eigenvalue weighted by Crippen LogP contribution is -2.53. The zero-order valence-corrected chi connectivity index (χ0v) is 28.6. The number of ether oxygens (including phenoxy) is 3. The number of carbonyl (C=O) groups excluding carboxylic acids is 1. The molecule has 0 saturated heterocycles. The van der Waals surface area contributed by atoms with Gasteiger partial charge in [0.2, 0.25) is 5.91 Å². The summed E-state index contributed by atoms with van der Waals surface area (Å²) in [6.07, 6.45) is 18.1. The second-order valence-electron chi connectivity index (χ2n) is 12.5. The summed E-state index contributed by atoms with van der Waals surface area (Å²) in [5, 5.41) is 34.4. The molecule has 0 aromatic carbocycles. The van der Waals surface area contributed by atoms with Crippen LogP contribution in [0.1, 0.15) is 144 Å². The summed E-state index contributed by atoms with van der Waals surface area (Å²) in [6, 6.07) is -0.604. The second-order valence-corrected chi connectivity index (χ2v) is 12.5. The van der Waals surface area contributed by atoms with Gasteiger partial charge in [-0.1, -0.05) is 109 Å².